The molecule has 15 heavy (non-hydrogen) atoms. The Labute approximate surface area is 90.1 Å². The van der Waals surface area contributed by atoms with E-state index in [-0.39, 0.29) is 11.6 Å². The molecule has 0 aromatic carbocycles. The lowest BCUT2D eigenvalue weighted by Crippen LogP contribution is -2.33. The van der Waals surface area contributed by atoms with Crippen molar-refractivity contribution in [2.75, 3.05) is 0 Å². The van der Waals surface area contributed by atoms with E-state index >= 15 is 0 Å². The molecule has 1 heterocycles. The van der Waals surface area contributed by atoms with Gasteiger partial charge in [-0.15, -0.1) is 0 Å². The lowest BCUT2D eigenvalue weighted by atomic mass is 10.2. The van der Waals surface area contributed by atoms with E-state index in [2.05, 4.69) is 11.9 Å². The van der Waals surface area contributed by atoms with Crippen molar-refractivity contribution in [3.8, 4) is 0 Å². The van der Waals surface area contributed by atoms with Gasteiger partial charge in [-0.25, -0.2) is 4.98 Å². The van der Waals surface area contributed by atoms with E-state index in [9.17, 15) is 4.79 Å². The first-order valence-corrected chi connectivity index (χ1v) is 5.35. The zero-order chi connectivity index (χ0) is 11.4. The highest BCUT2D eigenvalue weighted by atomic mass is 16.1. The van der Waals surface area contributed by atoms with Gasteiger partial charge in [-0.3, -0.25) is 9.36 Å². The highest BCUT2D eigenvalue weighted by molar-refractivity contribution is 5.01. The summed E-state index contributed by atoms with van der Waals surface area (Å²) in [4.78, 5) is 15.9. The van der Waals surface area contributed by atoms with E-state index in [0.717, 1.165) is 24.4 Å². The second kappa shape index (κ2) is 5.07. The zero-order valence-electron chi connectivity index (χ0n) is 9.66. The first-order chi connectivity index (χ1) is 7.04. The molecule has 0 bridgehead atoms. The van der Waals surface area contributed by atoms with Crippen molar-refractivity contribution in [2.45, 2.75) is 46.2 Å². The number of rotatable bonds is 4. The predicted molar refractivity (Wildman–Crippen MR) is 60.9 cm³/mol. The van der Waals surface area contributed by atoms with Crippen molar-refractivity contribution in [1.82, 2.24) is 9.55 Å². The van der Waals surface area contributed by atoms with Crippen LogP contribution in [0.4, 0.5) is 0 Å². The Balaban J connectivity index is 2.90. The summed E-state index contributed by atoms with van der Waals surface area (Å²) in [5.74, 6) is 0.742. The quantitative estimate of drug-likeness (QED) is 0.804. The van der Waals surface area contributed by atoms with Gasteiger partial charge in [-0.2, -0.15) is 0 Å². The van der Waals surface area contributed by atoms with Gasteiger partial charge in [-0.1, -0.05) is 13.3 Å². The van der Waals surface area contributed by atoms with Crippen LogP contribution in [0.25, 0.3) is 0 Å². The zero-order valence-corrected chi connectivity index (χ0v) is 9.66. The highest BCUT2D eigenvalue weighted by Gasteiger charge is 2.07. The summed E-state index contributed by atoms with van der Waals surface area (Å²) in [6, 6.07) is 1.59. The van der Waals surface area contributed by atoms with E-state index in [1.54, 1.807) is 10.6 Å². The molecule has 0 fully saturated rings. The average molecular weight is 209 g/mol. The Hall–Kier alpha value is -1.16. The average Bonchev–Trinajstić information content (AvgIpc) is 2.11. The summed E-state index contributed by atoms with van der Waals surface area (Å²) in [6.07, 6.45) is 1.97. The number of nitrogens with zero attached hydrogens (tertiary/aromatic N) is 2. The van der Waals surface area contributed by atoms with Crippen molar-refractivity contribution in [1.29, 1.82) is 0 Å². The molecule has 0 aliphatic rings. The number of hydrogen-bond acceptors (Lipinski definition) is 3. The molecule has 0 amide bonds. The Morgan fingerprint density at radius 2 is 2.20 bits per heavy atom. The van der Waals surface area contributed by atoms with Crippen molar-refractivity contribution < 1.29 is 0 Å². The number of hydrogen-bond donors (Lipinski definition) is 1. The Morgan fingerprint density at radius 3 is 2.73 bits per heavy atom. The fourth-order valence-corrected chi connectivity index (χ4v) is 1.68. The molecule has 0 spiro atoms. The first kappa shape index (κ1) is 11.9. The van der Waals surface area contributed by atoms with Crippen LogP contribution < -0.4 is 11.3 Å². The molecular formula is C11H19N3O. The number of nitrogens with two attached hydrogens (primary N) is 1. The van der Waals surface area contributed by atoms with Gasteiger partial charge in [0.2, 0.25) is 0 Å². The van der Waals surface area contributed by atoms with E-state index in [1.807, 2.05) is 13.8 Å². The molecule has 0 saturated carbocycles. The van der Waals surface area contributed by atoms with Crippen molar-refractivity contribution >= 4 is 0 Å². The van der Waals surface area contributed by atoms with E-state index in [0.29, 0.717) is 6.54 Å². The lowest BCUT2D eigenvalue weighted by Gasteiger charge is -2.14. The highest BCUT2D eigenvalue weighted by Crippen LogP contribution is 1.99. The fourth-order valence-electron chi connectivity index (χ4n) is 1.68. The molecule has 0 radical (unpaired) electrons. The number of aryl methyl sites for hydroxylation is 2. The molecule has 2 N–H and O–H groups in total. The van der Waals surface area contributed by atoms with Crippen LogP contribution in [-0.4, -0.2) is 15.6 Å². The summed E-state index contributed by atoms with van der Waals surface area (Å²) < 4.78 is 1.65. The van der Waals surface area contributed by atoms with Crippen LogP contribution in [0.1, 0.15) is 31.3 Å². The predicted octanol–water partition coefficient (Wildman–Crippen LogP) is 0.988. The summed E-state index contributed by atoms with van der Waals surface area (Å²) in [7, 11) is 0. The van der Waals surface area contributed by atoms with Gasteiger partial charge in [-0.05, 0) is 20.3 Å². The molecule has 4 heteroatoms. The molecule has 1 atom stereocenters. The monoisotopic (exact) mass is 209 g/mol. The maximum Gasteiger partial charge on any atom is 0.253 e. The van der Waals surface area contributed by atoms with Gasteiger partial charge in [0.05, 0.1) is 0 Å². The molecule has 1 aromatic rings. The van der Waals surface area contributed by atoms with Gasteiger partial charge in [0.1, 0.15) is 5.82 Å². The maximum absolute atomic E-state index is 11.7. The molecular weight excluding hydrogens is 190 g/mol. The smallest absolute Gasteiger partial charge is 0.253 e. The van der Waals surface area contributed by atoms with Crippen LogP contribution in [0.2, 0.25) is 0 Å². The summed E-state index contributed by atoms with van der Waals surface area (Å²) >= 11 is 0. The fraction of sp³-hybridized carbons (Fsp3) is 0.636. The maximum atomic E-state index is 11.7. The van der Waals surface area contributed by atoms with Crippen LogP contribution in [0.3, 0.4) is 0 Å². The van der Waals surface area contributed by atoms with E-state index in [4.69, 9.17) is 5.73 Å². The standard InChI is InChI=1S/C11H19N3O/c1-4-5-10(12)7-14-9(3)13-8(2)6-11(14)15/h6,10H,4-5,7,12H2,1-3H3. The van der Waals surface area contributed by atoms with Gasteiger partial charge < -0.3 is 5.73 Å². The topological polar surface area (TPSA) is 60.9 Å². The molecule has 1 unspecified atom stereocenters. The van der Waals surface area contributed by atoms with Crippen molar-refractivity contribution in [3.05, 3.63) is 27.9 Å². The Kier molecular flexibility index (Phi) is 4.03. The molecule has 0 aliphatic carbocycles. The molecule has 84 valence electrons. The molecule has 0 aliphatic heterocycles. The van der Waals surface area contributed by atoms with Crippen molar-refractivity contribution in [2.24, 2.45) is 5.73 Å². The second-order valence-electron chi connectivity index (χ2n) is 3.94. The molecule has 0 saturated heterocycles. The second-order valence-corrected chi connectivity index (χ2v) is 3.94. The Morgan fingerprint density at radius 1 is 1.53 bits per heavy atom. The Bertz CT molecular complexity index is 384. The largest absolute Gasteiger partial charge is 0.326 e. The van der Waals surface area contributed by atoms with Gasteiger partial charge >= 0.3 is 0 Å². The van der Waals surface area contributed by atoms with E-state index < -0.39 is 0 Å². The van der Waals surface area contributed by atoms with Crippen LogP contribution in [0, 0.1) is 13.8 Å². The minimum Gasteiger partial charge on any atom is -0.326 e. The van der Waals surface area contributed by atoms with E-state index in [1.165, 1.54) is 0 Å². The minimum absolute atomic E-state index is 0.00782. The van der Waals surface area contributed by atoms with Crippen LogP contribution >= 0.6 is 0 Å². The van der Waals surface area contributed by atoms with Crippen molar-refractivity contribution in [3.63, 3.8) is 0 Å². The molecule has 4 nitrogen and oxygen atoms in total. The molecule has 1 aromatic heterocycles. The normalized spacial score (nSPS) is 12.8. The van der Waals surface area contributed by atoms with Gasteiger partial charge in [0, 0.05) is 24.3 Å². The number of aromatic nitrogens is 2. The van der Waals surface area contributed by atoms with Gasteiger partial charge in [0.25, 0.3) is 5.56 Å². The first-order valence-electron chi connectivity index (χ1n) is 5.35. The third-order valence-corrected chi connectivity index (χ3v) is 2.40. The summed E-state index contributed by atoms with van der Waals surface area (Å²) in [5.41, 5.74) is 6.66. The summed E-state index contributed by atoms with van der Waals surface area (Å²) in [5, 5.41) is 0. The molecule has 1 rings (SSSR count). The lowest BCUT2D eigenvalue weighted by molar-refractivity contribution is 0.490. The third kappa shape index (κ3) is 3.16. The van der Waals surface area contributed by atoms with Crippen LogP contribution in [0.5, 0.6) is 0 Å². The minimum atomic E-state index is -0.00782. The van der Waals surface area contributed by atoms with Crippen LogP contribution in [-0.2, 0) is 6.54 Å². The van der Waals surface area contributed by atoms with Gasteiger partial charge in [0.15, 0.2) is 0 Å². The van der Waals surface area contributed by atoms with Crippen LogP contribution in [0.15, 0.2) is 10.9 Å². The third-order valence-electron chi connectivity index (χ3n) is 2.40. The SMILES string of the molecule is CCCC(N)Cn1c(C)nc(C)cc1=O. The summed E-state index contributed by atoms with van der Waals surface area (Å²) in [6.45, 7) is 6.31.